The Morgan fingerprint density at radius 3 is 2.60 bits per heavy atom. The van der Waals surface area contributed by atoms with Gasteiger partial charge in [0.15, 0.2) is 0 Å². The van der Waals surface area contributed by atoms with Gasteiger partial charge in [-0.25, -0.2) is 0 Å². The van der Waals surface area contributed by atoms with Gasteiger partial charge in [-0.3, -0.25) is 9.78 Å². The third kappa shape index (κ3) is 5.93. The summed E-state index contributed by atoms with van der Waals surface area (Å²) in [6.45, 7) is 5.93. The van der Waals surface area contributed by atoms with Crippen molar-refractivity contribution in [2.45, 2.75) is 44.9 Å². The summed E-state index contributed by atoms with van der Waals surface area (Å²) in [5.74, 6) is 2.84. The molecule has 7 nitrogen and oxygen atoms in total. The molecule has 2 aliphatic heterocycles. The first-order valence-corrected chi connectivity index (χ1v) is 10.4. The Bertz CT molecular complexity index is 775. The van der Waals surface area contributed by atoms with Crippen molar-refractivity contribution in [2.24, 2.45) is 11.8 Å². The summed E-state index contributed by atoms with van der Waals surface area (Å²) in [6, 6.07) is 5.65. The quantitative estimate of drug-likeness (QED) is 0.739. The second kappa shape index (κ2) is 11.6. The van der Waals surface area contributed by atoms with Gasteiger partial charge in [0.05, 0.1) is 0 Å². The molecule has 0 bridgehead atoms. The van der Waals surface area contributed by atoms with E-state index in [2.05, 4.69) is 27.4 Å². The molecule has 2 saturated heterocycles. The van der Waals surface area contributed by atoms with Gasteiger partial charge in [-0.05, 0) is 62.7 Å². The molecule has 0 saturated carbocycles. The van der Waals surface area contributed by atoms with E-state index in [-0.39, 0.29) is 30.7 Å². The number of piperidine rings is 2. The topological polar surface area (TPSA) is 84.2 Å². The van der Waals surface area contributed by atoms with E-state index in [1.54, 1.807) is 6.20 Å². The van der Waals surface area contributed by atoms with Crippen LogP contribution in [0.3, 0.4) is 0 Å². The normalized spacial score (nSPS) is 18.9. The number of rotatable bonds is 5. The predicted molar refractivity (Wildman–Crippen MR) is 120 cm³/mol. The molecule has 0 aromatic carbocycles. The minimum Gasteiger partial charge on any atom is -0.343 e. The van der Waals surface area contributed by atoms with Gasteiger partial charge < -0.3 is 14.7 Å². The van der Waals surface area contributed by atoms with E-state index in [1.807, 2.05) is 23.1 Å². The molecule has 1 amide bonds. The molecule has 30 heavy (non-hydrogen) atoms. The number of halogens is 2. The number of nitrogens with zero attached hydrogens (tertiary/aromatic N) is 4. The Morgan fingerprint density at radius 2 is 1.93 bits per heavy atom. The molecule has 0 aliphatic carbocycles. The van der Waals surface area contributed by atoms with Crippen LogP contribution in [-0.2, 0) is 4.79 Å². The third-order valence-corrected chi connectivity index (χ3v) is 6.22. The molecular weight excluding hydrogens is 425 g/mol. The average Bonchev–Trinajstić information content (AvgIpc) is 3.25. The predicted octanol–water partition coefficient (Wildman–Crippen LogP) is 3.71. The number of carbonyl (C=O) groups excluding carboxylic acids is 1. The van der Waals surface area contributed by atoms with Crippen LogP contribution >= 0.6 is 24.8 Å². The number of hydrogen-bond donors (Lipinski definition) is 1. The summed E-state index contributed by atoms with van der Waals surface area (Å²) >= 11 is 0. The number of hydrogen-bond acceptors (Lipinski definition) is 6. The monoisotopic (exact) mass is 455 g/mol. The molecule has 1 unspecified atom stereocenters. The number of aromatic nitrogens is 3. The molecule has 1 atom stereocenters. The summed E-state index contributed by atoms with van der Waals surface area (Å²) in [5, 5.41) is 7.47. The summed E-state index contributed by atoms with van der Waals surface area (Å²) in [4.78, 5) is 23.6. The van der Waals surface area contributed by atoms with Gasteiger partial charge in [0.25, 0.3) is 0 Å². The van der Waals surface area contributed by atoms with Crippen molar-refractivity contribution < 1.29 is 9.32 Å². The minimum atomic E-state index is 0. The lowest BCUT2D eigenvalue weighted by molar-refractivity contribution is -0.133. The van der Waals surface area contributed by atoms with Crippen LogP contribution in [0.5, 0.6) is 0 Å². The Labute approximate surface area is 190 Å². The fraction of sp³-hybridized carbons (Fsp3) is 0.619. The fourth-order valence-corrected chi connectivity index (χ4v) is 4.36. The largest absolute Gasteiger partial charge is 0.343 e. The molecule has 166 valence electrons. The van der Waals surface area contributed by atoms with Crippen LogP contribution in [0, 0.1) is 11.8 Å². The Kier molecular flexibility index (Phi) is 9.52. The molecular formula is C21H31Cl2N5O2. The van der Waals surface area contributed by atoms with Crippen LogP contribution < -0.4 is 5.32 Å². The molecule has 2 aromatic rings. The maximum absolute atomic E-state index is 12.7. The molecule has 4 rings (SSSR count). The molecule has 9 heteroatoms. The molecule has 0 spiro atoms. The van der Waals surface area contributed by atoms with E-state index in [4.69, 9.17) is 4.52 Å². The Balaban J connectivity index is 0.00000160. The number of likely N-dealkylation sites (tertiary alicyclic amines) is 1. The summed E-state index contributed by atoms with van der Waals surface area (Å²) in [6.07, 6.45) is 6.51. The smallest absolute Gasteiger partial charge is 0.230 e. The molecule has 2 fully saturated rings. The fourth-order valence-electron chi connectivity index (χ4n) is 4.36. The zero-order valence-corrected chi connectivity index (χ0v) is 19.0. The second-order valence-electron chi connectivity index (χ2n) is 8.10. The first-order chi connectivity index (χ1) is 13.7. The lowest BCUT2D eigenvalue weighted by atomic mass is 9.83. The van der Waals surface area contributed by atoms with Crippen molar-refractivity contribution in [1.82, 2.24) is 25.3 Å². The second-order valence-corrected chi connectivity index (χ2v) is 8.10. The summed E-state index contributed by atoms with van der Waals surface area (Å²) < 4.78 is 5.49. The van der Waals surface area contributed by atoms with Gasteiger partial charge in [0, 0.05) is 31.6 Å². The van der Waals surface area contributed by atoms with Crippen LogP contribution in [0.4, 0.5) is 0 Å². The van der Waals surface area contributed by atoms with Crippen LogP contribution in [0.25, 0.3) is 11.5 Å². The van der Waals surface area contributed by atoms with Crippen molar-refractivity contribution in [3.05, 3.63) is 30.3 Å². The molecule has 2 aromatic heterocycles. The van der Waals surface area contributed by atoms with E-state index in [0.29, 0.717) is 35.9 Å². The molecule has 4 heterocycles. The highest BCUT2D eigenvalue weighted by Crippen LogP contribution is 2.30. The van der Waals surface area contributed by atoms with Crippen molar-refractivity contribution in [1.29, 1.82) is 0 Å². The number of pyridine rings is 1. The minimum absolute atomic E-state index is 0. The van der Waals surface area contributed by atoms with Crippen LogP contribution in [0.1, 0.15) is 50.8 Å². The van der Waals surface area contributed by atoms with E-state index in [0.717, 1.165) is 44.7 Å². The maximum Gasteiger partial charge on any atom is 0.230 e. The van der Waals surface area contributed by atoms with Gasteiger partial charge in [-0.2, -0.15) is 4.98 Å². The van der Waals surface area contributed by atoms with E-state index in [9.17, 15) is 4.79 Å². The lowest BCUT2D eigenvalue weighted by Crippen LogP contribution is -2.40. The van der Waals surface area contributed by atoms with Crippen LogP contribution in [-0.4, -0.2) is 52.1 Å². The van der Waals surface area contributed by atoms with Crippen LogP contribution in [0.2, 0.25) is 0 Å². The highest BCUT2D eigenvalue weighted by molar-refractivity contribution is 5.85. The first-order valence-electron chi connectivity index (χ1n) is 10.4. The zero-order chi connectivity index (χ0) is 19.3. The Morgan fingerprint density at radius 1 is 1.20 bits per heavy atom. The van der Waals surface area contributed by atoms with Crippen molar-refractivity contribution in [2.75, 3.05) is 26.2 Å². The van der Waals surface area contributed by atoms with Crippen molar-refractivity contribution in [3.63, 3.8) is 0 Å². The van der Waals surface area contributed by atoms with E-state index >= 15 is 0 Å². The Hall–Kier alpha value is -1.70. The molecule has 1 N–H and O–H groups in total. The number of carbonyl (C=O) groups is 1. The van der Waals surface area contributed by atoms with Gasteiger partial charge in [-0.15, -0.1) is 24.8 Å². The molecule has 0 radical (unpaired) electrons. The van der Waals surface area contributed by atoms with Crippen LogP contribution in [0.15, 0.2) is 28.9 Å². The maximum atomic E-state index is 12.7. The highest BCUT2D eigenvalue weighted by Gasteiger charge is 2.29. The van der Waals surface area contributed by atoms with Gasteiger partial charge in [0.2, 0.25) is 17.6 Å². The third-order valence-electron chi connectivity index (χ3n) is 6.22. The number of amides is 1. The first kappa shape index (κ1) is 24.6. The zero-order valence-electron chi connectivity index (χ0n) is 17.3. The summed E-state index contributed by atoms with van der Waals surface area (Å²) in [5.41, 5.74) is 0.719. The van der Waals surface area contributed by atoms with E-state index in [1.165, 1.54) is 12.8 Å². The summed E-state index contributed by atoms with van der Waals surface area (Å²) in [7, 11) is 0. The SMILES string of the molecule is CC(CC(=O)N1CCC(c2nc(-c3ccccn3)no2)CC1)C1CCNCC1.Cl.Cl. The van der Waals surface area contributed by atoms with E-state index < -0.39 is 0 Å². The number of nitrogens with one attached hydrogen (secondary N) is 1. The van der Waals surface area contributed by atoms with Crippen molar-refractivity contribution >= 4 is 30.7 Å². The molecule has 2 aliphatic rings. The lowest BCUT2D eigenvalue weighted by Gasteiger charge is -2.33. The van der Waals surface area contributed by atoms with Gasteiger partial charge in [0.1, 0.15) is 5.69 Å². The van der Waals surface area contributed by atoms with Gasteiger partial charge in [-0.1, -0.05) is 18.1 Å². The standard InChI is InChI=1S/C21H29N5O2.2ClH/c1-15(16-5-10-22-11-6-16)14-19(27)26-12-7-17(8-13-26)21-24-20(25-28-21)18-4-2-3-9-23-18;;/h2-4,9,15-17,22H,5-8,10-14H2,1H3;2*1H. The van der Waals surface area contributed by atoms with Crippen molar-refractivity contribution in [3.8, 4) is 11.5 Å². The van der Waals surface area contributed by atoms with Gasteiger partial charge >= 0.3 is 0 Å². The average molecular weight is 456 g/mol. The highest BCUT2D eigenvalue weighted by atomic mass is 35.5.